The Morgan fingerprint density at radius 3 is 3.00 bits per heavy atom. The lowest BCUT2D eigenvalue weighted by Gasteiger charge is -1.98. The van der Waals surface area contributed by atoms with E-state index < -0.39 is 0 Å². The molecule has 1 rings (SSSR count). The molecule has 14 heavy (non-hydrogen) atoms. The van der Waals surface area contributed by atoms with Crippen molar-refractivity contribution in [1.82, 2.24) is 5.32 Å². The third-order valence-electron chi connectivity index (χ3n) is 1.65. The van der Waals surface area contributed by atoms with Crippen LogP contribution in [0.1, 0.15) is 15.9 Å². The fourth-order valence-electron chi connectivity index (χ4n) is 0.992. The second-order valence-corrected chi connectivity index (χ2v) is 3.06. The van der Waals surface area contributed by atoms with Crippen molar-refractivity contribution >= 4 is 17.9 Å². The molecule has 1 N–H and O–H groups in total. The van der Waals surface area contributed by atoms with Gasteiger partial charge < -0.3 is 5.32 Å². The molecule has 1 aromatic rings. The molecule has 0 aliphatic carbocycles. The average Bonchev–Trinajstić information content (AvgIpc) is 2.20. The number of hydrogen-bond donors (Lipinski definition) is 1. The van der Waals surface area contributed by atoms with Crippen LogP contribution < -0.4 is 5.32 Å². The van der Waals surface area contributed by atoms with Gasteiger partial charge in [0.25, 0.3) is 0 Å². The molecule has 0 amide bonds. The highest BCUT2D eigenvalue weighted by molar-refractivity contribution is 6.32. The number of carbonyl (C=O) groups excluding carboxylic acids is 1. The Kier molecular flexibility index (Phi) is 4.18. The zero-order chi connectivity index (χ0) is 10.4. The Hall–Kier alpha value is -1.30. The van der Waals surface area contributed by atoms with E-state index in [1.54, 1.807) is 18.2 Å². The largest absolute Gasteiger partial charge is 0.309 e. The zero-order valence-electron chi connectivity index (χ0n) is 7.80. The van der Waals surface area contributed by atoms with Gasteiger partial charge in [-0.15, -0.1) is 0 Å². The van der Waals surface area contributed by atoms with Gasteiger partial charge in [-0.2, -0.15) is 0 Å². The van der Waals surface area contributed by atoms with E-state index in [0.29, 0.717) is 22.7 Å². The molecule has 3 heteroatoms. The molecule has 0 unspecified atom stereocenters. The lowest BCUT2D eigenvalue weighted by molar-refractivity contribution is 0.112. The highest BCUT2D eigenvalue weighted by Crippen LogP contribution is 2.17. The van der Waals surface area contributed by atoms with Crippen molar-refractivity contribution in [3.05, 3.63) is 34.3 Å². The van der Waals surface area contributed by atoms with Crippen LogP contribution in [0.2, 0.25) is 5.02 Å². The normalized spacial score (nSPS) is 9.00. The molecule has 0 radical (unpaired) electrons. The van der Waals surface area contributed by atoms with Crippen LogP contribution in [0.4, 0.5) is 0 Å². The zero-order valence-corrected chi connectivity index (χ0v) is 8.56. The van der Waals surface area contributed by atoms with Crippen LogP contribution in [-0.4, -0.2) is 19.9 Å². The van der Waals surface area contributed by atoms with Crippen LogP contribution in [0.15, 0.2) is 18.2 Å². The standard InChI is InChI=1S/C11H10ClNO/c1-13-7-3-5-10-9(8-14)4-2-6-11(10)12/h2,4,6,8,13H,7H2,1H3. The van der Waals surface area contributed by atoms with Gasteiger partial charge in [-0.1, -0.05) is 35.6 Å². The molecule has 2 nitrogen and oxygen atoms in total. The highest BCUT2D eigenvalue weighted by Gasteiger charge is 2.02. The van der Waals surface area contributed by atoms with Crippen LogP contribution in [0.5, 0.6) is 0 Å². The molecule has 0 bridgehead atoms. The summed E-state index contributed by atoms with van der Waals surface area (Å²) in [6.45, 7) is 0.573. The van der Waals surface area contributed by atoms with Gasteiger partial charge in [0.2, 0.25) is 0 Å². The molecule has 0 aliphatic rings. The van der Waals surface area contributed by atoms with Crippen LogP contribution in [0.3, 0.4) is 0 Å². The van der Waals surface area contributed by atoms with Crippen molar-refractivity contribution in [3.8, 4) is 11.8 Å². The van der Waals surface area contributed by atoms with E-state index in [9.17, 15) is 4.79 Å². The highest BCUT2D eigenvalue weighted by atomic mass is 35.5. The summed E-state index contributed by atoms with van der Waals surface area (Å²) in [7, 11) is 1.81. The molecule has 0 aromatic heterocycles. The van der Waals surface area contributed by atoms with Gasteiger partial charge in [-0.3, -0.25) is 4.79 Å². The topological polar surface area (TPSA) is 29.1 Å². The molecule has 0 spiro atoms. The summed E-state index contributed by atoms with van der Waals surface area (Å²) in [4.78, 5) is 10.7. The third kappa shape index (κ3) is 2.59. The fourth-order valence-corrected chi connectivity index (χ4v) is 1.22. The maximum atomic E-state index is 10.7. The van der Waals surface area contributed by atoms with E-state index in [2.05, 4.69) is 17.2 Å². The molecule has 72 valence electrons. The Morgan fingerprint density at radius 2 is 2.36 bits per heavy atom. The van der Waals surface area contributed by atoms with Gasteiger partial charge in [-0.05, 0) is 13.1 Å². The van der Waals surface area contributed by atoms with Crippen molar-refractivity contribution < 1.29 is 4.79 Å². The maximum absolute atomic E-state index is 10.7. The number of halogens is 1. The van der Waals surface area contributed by atoms with E-state index >= 15 is 0 Å². The molecule has 0 saturated heterocycles. The Labute approximate surface area is 88.3 Å². The van der Waals surface area contributed by atoms with E-state index in [0.717, 1.165) is 6.29 Å². The van der Waals surface area contributed by atoms with Gasteiger partial charge in [-0.25, -0.2) is 0 Å². The molecular weight excluding hydrogens is 198 g/mol. The first-order chi connectivity index (χ1) is 6.79. The van der Waals surface area contributed by atoms with Gasteiger partial charge in [0.1, 0.15) is 0 Å². The summed E-state index contributed by atoms with van der Waals surface area (Å²) in [6, 6.07) is 5.15. The minimum absolute atomic E-state index is 0.512. The SMILES string of the molecule is CNCC#Cc1c(Cl)cccc1C=O. The monoisotopic (exact) mass is 207 g/mol. The molecular formula is C11H10ClNO. The number of benzene rings is 1. The second kappa shape index (κ2) is 5.43. The Balaban J connectivity index is 3.06. The second-order valence-electron chi connectivity index (χ2n) is 2.65. The van der Waals surface area contributed by atoms with Crippen molar-refractivity contribution in [2.24, 2.45) is 0 Å². The molecule has 0 heterocycles. The van der Waals surface area contributed by atoms with Crippen LogP contribution in [-0.2, 0) is 0 Å². The average molecular weight is 208 g/mol. The Bertz CT molecular complexity index is 390. The Morgan fingerprint density at radius 1 is 1.57 bits per heavy atom. The number of hydrogen-bond acceptors (Lipinski definition) is 2. The molecule has 0 atom stereocenters. The number of carbonyl (C=O) groups is 1. The summed E-state index contributed by atoms with van der Waals surface area (Å²) in [5.41, 5.74) is 1.13. The molecule has 0 saturated carbocycles. The smallest absolute Gasteiger partial charge is 0.151 e. The van der Waals surface area contributed by atoms with E-state index in [4.69, 9.17) is 11.6 Å². The fraction of sp³-hybridized carbons (Fsp3) is 0.182. The first kappa shape index (κ1) is 10.8. The first-order valence-corrected chi connectivity index (χ1v) is 4.54. The van der Waals surface area contributed by atoms with Crippen LogP contribution in [0, 0.1) is 11.8 Å². The van der Waals surface area contributed by atoms with Gasteiger partial charge in [0, 0.05) is 5.56 Å². The minimum Gasteiger partial charge on any atom is -0.309 e. The predicted molar refractivity (Wildman–Crippen MR) is 57.6 cm³/mol. The van der Waals surface area contributed by atoms with E-state index in [-0.39, 0.29) is 0 Å². The number of nitrogens with one attached hydrogen (secondary N) is 1. The van der Waals surface area contributed by atoms with Crippen molar-refractivity contribution in [2.45, 2.75) is 0 Å². The van der Waals surface area contributed by atoms with Gasteiger partial charge in [0.15, 0.2) is 6.29 Å². The lowest BCUT2D eigenvalue weighted by atomic mass is 10.1. The number of aldehydes is 1. The summed E-state index contributed by atoms with van der Waals surface area (Å²) in [5, 5.41) is 3.40. The summed E-state index contributed by atoms with van der Waals surface area (Å²) >= 11 is 5.91. The van der Waals surface area contributed by atoms with Crippen molar-refractivity contribution in [1.29, 1.82) is 0 Å². The molecule has 0 aliphatic heterocycles. The predicted octanol–water partition coefficient (Wildman–Crippen LogP) is 1.72. The maximum Gasteiger partial charge on any atom is 0.151 e. The third-order valence-corrected chi connectivity index (χ3v) is 1.97. The summed E-state index contributed by atoms with van der Waals surface area (Å²) in [5.74, 6) is 5.72. The van der Waals surface area contributed by atoms with Crippen LogP contribution >= 0.6 is 11.6 Å². The van der Waals surface area contributed by atoms with Gasteiger partial charge in [0.05, 0.1) is 17.1 Å². The van der Waals surface area contributed by atoms with Crippen LogP contribution in [0.25, 0.3) is 0 Å². The van der Waals surface area contributed by atoms with Crippen molar-refractivity contribution in [2.75, 3.05) is 13.6 Å². The summed E-state index contributed by atoms with van der Waals surface area (Å²) < 4.78 is 0. The lowest BCUT2D eigenvalue weighted by Crippen LogP contribution is -2.04. The quantitative estimate of drug-likeness (QED) is 0.591. The summed E-state index contributed by atoms with van der Waals surface area (Å²) in [6.07, 6.45) is 0.759. The van der Waals surface area contributed by atoms with E-state index in [1.165, 1.54) is 0 Å². The minimum atomic E-state index is 0.512. The van der Waals surface area contributed by atoms with Gasteiger partial charge >= 0.3 is 0 Å². The van der Waals surface area contributed by atoms with E-state index in [1.807, 2.05) is 7.05 Å². The molecule has 0 fully saturated rings. The van der Waals surface area contributed by atoms with Crippen molar-refractivity contribution in [3.63, 3.8) is 0 Å². The molecule has 1 aromatic carbocycles. The number of rotatable bonds is 2. The first-order valence-electron chi connectivity index (χ1n) is 4.16.